The molecule has 3 saturated carbocycles. The molecule has 0 bridgehead atoms. The Labute approximate surface area is 219 Å². The number of aryl methyl sites for hydroxylation is 1. The SMILES string of the molecule is COC(=O)[C@@H]1C[C@@H](C(=O)Cc2ccc(C)cc2Cl)[C@H](c2noc(C3CC(CC(C)C)C3)c2C2CC2)C1. The zero-order chi connectivity index (χ0) is 25.6. The summed E-state index contributed by atoms with van der Waals surface area (Å²) in [5.74, 6) is 2.61. The second-order valence-corrected chi connectivity index (χ2v) is 12.3. The molecule has 36 heavy (non-hydrogen) atoms. The van der Waals surface area contributed by atoms with Crippen molar-refractivity contribution in [3.05, 3.63) is 51.4 Å². The van der Waals surface area contributed by atoms with Crippen molar-refractivity contribution in [2.24, 2.45) is 23.7 Å². The van der Waals surface area contributed by atoms with E-state index in [4.69, 9.17) is 20.9 Å². The predicted molar refractivity (Wildman–Crippen MR) is 139 cm³/mol. The Kier molecular flexibility index (Phi) is 7.31. The topological polar surface area (TPSA) is 69.4 Å². The fourth-order valence-corrected chi connectivity index (χ4v) is 6.95. The van der Waals surface area contributed by atoms with E-state index in [0.717, 1.165) is 54.2 Å². The highest BCUT2D eigenvalue weighted by Gasteiger charge is 2.48. The summed E-state index contributed by atoms with van der Waals surface area (Å²) in [7, 11) is 1.42. The number of nitrogens with zero attached hydrogens (tertiary/aromatic N) is 1. The van der Waals surface area contributed by atoms with E-state index in [1.165, 1.54) is 19.1 Å². The standard InChI is InChI=1S/C30H38ClNO4/c1-16(2)9-18-11-21(12-18)29-27(19-7-8-19)28(32-36-29)24-14-22(30(34)35-4)13-23(24)26(33)15-20-6-5-17(3)10-25(20)31/h5-6,10,16,18-19,21-24H,7-9,11-15H2,1-4H3/t18?,21?,22-,23-,24-/m1/s1. The molecule has 5 rings (SSSR count). The fourth-order valence-electron chi connectivity index (χ4n) is 6.65. The maximum absolute atomic E-state index is 13.7. The average Bonchev–Trinajstić information content (AvgIpc) is 3.40. The van der Waals surface area contributed by atoms with Crippen LogP contribution in [-0.2, 0) is 20.7 Å². The van der Waals surface area contributed by atoms with Gasteiger partial charge in [-0.2, -0.15) is 0 Å². The molecule has 3 atom stereocenters. The van der Waals surface area contributed by atoms with E-state index in [0.29, 0.717) is 35.6 Å². The van der Waals surface area contributed by atoms with Crippen LogP contribution in [0.15, 0.2) is 22.7 Å². The van der Waals surface area contributed by atoms with E-state index in [2.05, 4.69) is 19.0 Å². The van der Waals surface area contributed by atoms with Crippen LogP contribution in [-0.4, -0.2) is 24.0 Å². The molecule has 2 aromatic rings. The van der Waals surface area contributed by atoms with Crippen LogP contribution < -0.4 is 0 Å². The second kappa shape index (κ2) is 10.3. The minimum atomic E-state index is -0.297. The van der Waals surface area contributed by atoms with Crippen molar-refractivity contribution >= 4 is 23.4 Å². The van der Waals surface area contributed by atoms with Crippen molar-refractivity contribution in [2.45, 2.75) is 89.9 Å². The van der Waals surface area contributed by atoms with Crippen molar-refractivity contribution in [3.63, 3.8) is 0 Å². The molecular weight excluding hydrogens is 474 g/mol. The first-order chi connectivity index (χ1) is 17.2. The van der Waals surface area contributed by atoms with E-state index in [9.17, 15) is 9.59 Å². The monoisotopic (exact) mass is 511 g/mol. The first-order valence-corrected chi connectivity index (χ1v) is 14.0. The number of rotatable bonds is 9. The highest BCUT2D eigenvalue weighted by molar-refractivity contribution is 6.31. The molecule has 0 aliphatic heterocycles. The average molecular weight is 512 g/mol. The number of Topliss-reactive ketones (excluding diaryl/α,β-unsaturated/α-hetero) is 1. The van der Waals surface area contributed by atoms with E-state index in [1.807, 2.05) is 25.1 Å². The number of methoxy groups -OCH3 is 1. The Morgan fingerprint density at radius 2 is 1.89 bits per heavy atom. The third kappa shape index (κ3) is 5.14. The quantitative estimate of drug-likeness (QED) is 0.334. The predicted octanol–water partition coefficient (Wildman–Crippen LogP) is 7.15. The second-order valence-electron chi connectivity index (χ2n) is 11.9. The molecule has 0 saturated heterocycles. The van der Waals surface area contributed by atoms with E-state index >= 15 is 0 Å². The number of benzene rings is 1. The minimum absolute atomic E-state index is 0.115. The third-order valence-corrected chi connectivity index (χ3v) is 8.97. The lowest BCUT2D eigenvalue weighted by molar-refractivity contribution is -0.145. The number of ether oxygens (including phenoxy) is 1. The van der Waals surface area contributed by atoms with E-state index in [-0.39, 0.29) is 35.9 Å². The molecule has 3 aliphatic carbocycles. The molecule has 3 fully saturated rings. The molecular formula is C30H38ClNO4. The molecule has 1 heterocycles. The Morgan fingerprint density at radius 3 is 2.53 bits per heavy atom. The Balaban J connectivity index is 1.41. The molecule has 194 valence electrons. The normalized spacial score (nSPS) is 27.8. The van der Waals surface area contributed by atoms with Gasteiger partial charge in [0.2, 0.25) is 0 Å². The fraction of sp³-hybridized carbons (Fsp3) is 0.633. The van der Waals surface area contributed by atoms with Gasteiger partial charge in [0.1, 0.15) is 11.5 Å². The molecule has 0 radical (unpaired) electrons. The lowest BCUT2D eigenvalue weighted by atomic mass is 9.69. The number of carbonyl (C=O) groups is 2. The zero-order valence-corrected chi connectivity index (χ0v) is 22.6. The van der Waals surface area contributed by atoms with Crippen molar-refractivity contribution in [3.8, 4) is 0 Å². The summed E-state index contributed by atoms with van der Waals surface area (Å²) in [5, 5.41) is 5.25. The van der Waals surface area contributed by atoms with Crippen LogP contribution in [0.1, 0.15) is 105 Å². The molecule has 0 amide bonds. The van der Waals surface area contributed by atoms with Gasteiger partial charge < -0.3 is 9.26 Å². The summed E-state index contributed by atoms with van der Waals surface area (Å²) >= 11 is 6.46. The van der Waals surface area contributed by atoms with Crippen LogP contribution in [0.25, 0.3) is 0 Å². The Morgan fingerprint density at radius 1 is 1.14 bits per heavy atom. The smallest absolute Gasteiger partial charge is 0.308 e. The number of ketones is 1. The number of esters is 1. The minimum Gasteiger partial charge on any atom is -0.469 e. The Hall–Kier alpha value is -2.14. The van der Waals surface area contributed by atoms with Crippen molar-refractivity contribution < 1.29 is 18.8 Å². The highest BCUT2D eigenvalue weighted by Crippen LogP contribution is 2.55. The summed E-state index contributed by atoms with van der Waals surface area (Å²) in [6.45, 7) is 6.56. The van der Waals surface area contributed by atoms with Crippen molar-refractivity contribution in [1.82, 2.24) is 5.16 Å². The lowest BCUT2D eigenvalue weighted by Gasteiger charge is -2.35. The van der Waals surface area contributed by atoms with E-state index in [1.54, 1.807) is 0 Å². The first-order valence-electron chi connectivity index (χ1n) is 13.6. The lowest BCUT2D eigenvalue weighted by Crippen LogP contribution is -2.24. The molecule has 0 N–H and O–H groups in total. The van der Waals surface area contributed by atoms with E-state index < -0.39 is 0 Å². The van der Waals surface area contributed by atoms with Gasteiger partial charge in [0.15, 0.2) is 0 Å². The van der Waals surface area contributed by atoms with Crippen LogP contribution in [0.4, 0.5) is 0 Å². The number of halogens is 1. The molecule has 1 aromatic carbocycles. The van der Waals surface area contributed by atoms with Crippen LogP contribution >= 0.6 is 11.6 Å². The van der Waals surface area contributed by atoms with Crippen LogP contribution in [0, 0.1) is 30.6 Å². The summed E-state index contributed by atoms with van der Waals surface area (Å²) in [6.07, 6.45) is 7.21. The van der Waals surface area contributed by atoms with Gasteiger partial charge in [-0.25, -0.2) is 0 Å². The largest absolute Gasteiger partial charge is 0.469 e. The van der Waals surface area contributed by atoms with Crippen LogP contribution in [0.3, 0.4) is 0 Å². The summed E-state index contributed by atoms with van der Waals surface area (Å²) in [6, 6.07) is 5.82. The highest BCUT2D eigenvalue weighted by atomic mass is 35.5. The summed E-state index contributed by atoms with van der Waals surface area (Å²) < 4.78 is 11.2. The number of hydrogen-bond acceptors (Lipinski definition) is 5. The maximum Gasteiger partial charge on any atom is 0.308 e. The van der Waals surface area contributed by atoms with Crippen molar-refractivity contribution in [1.29, 1.82) is 0 Å². The van der Waals surface area contributed by atoms with Crippen LogP contribution in [0.5, 0.6) is 0 Å². The number of carbonyl (C=O) groups excluding carboxylic acids is 2. The van der Waals surface area contributed by atoms with Gasteiger partial charge in [-0.3, -0.25) is 9.59 Å². The number of hydrogen-bond donors (Lipinski definition) is 0. The summed E-state index contributed by atoms with van der Waals surface area (Å²) in [5.41, 5.74) is 4.09. The zero-order valence-electron chi connectivity index (χ0n) is 21.9. The molecule has 0 unspecified atom stereocenters. The van der Waals surface area contributed by atoms with Gasteiger partial charge in [0, 0.05) is 34.8 Å². The summed E-state index contributed by atoms with van der Waals surface area (Å²) in [4.78, 5) is 26.2. The first kappa shape index (κ1) is 25.5. The van der Waals surface area contributed by atoms with Gasteiger partial charge >= 0.3 is 5.97 Å². The van der Waals surface area contributed by atoms with Crippen molar-refractivity contribution in [2.75, 3.05) is 7.11 Å². The third-order valence-electron chi connectivity index (χ3n) is 8.62. The van der Waals surface area contributed by atoms with Gasteiger partial charge in [-0.15, -0.1) is 0 Å². The molecule has 5 nitrogen and oxygen atoms in total. The van der Waals surface area contributed by atoms with Gasteiger partial charge in [0.05, 0.1) is 18.7 Å². The van der Waals surface area contributed by atoms with Gasteiger partial charge in [-0.05, 0) is 86.8 Å². The molecule has 6 heteroatoms. The Bertz CT molecular complexity index is 1130. The molecule has 0 spiro atoms. The van der Waals surface area contributed by atoms with Gasteiger partial charge in [0.25, 0.3) is 0 Å². The van der Waals surface area contributed by atoms with Gasteiger partial charge in [-0.1, -0.05) is 42.7 Å². The molecule has 1 aromatic heterocycles. The van der Waals surface area contributed by atoms with Crippen LogP contribution in [0.2, 0.25) is 5.02 Å². The maximum atomic E-state index is 13.7. The number of aromatic nitrogens is 1. The molecule has 3 aliphatic rings.